The van der Waals surface area contributed by atoms with Crippen molar-refractivity contribution in [1.82, 2.24) is 4.90 Å². The molecule has 1 atom stereocenters. The molecule has 1 unspecified atom stereocenters. The topological polar surface area (TPSA) is 66.8 Å². The molecule has 5 heteroatoms. The van der Waals surface area contributed by atoms with Gasteiger partial charge in [0.05, 0.1) is 0 Å². The van der Waals surface area contributed by atoms with Crippen molar-refractivity contribution in [2.24, 2.45) is 5.92 Å². The lowest BCUT2D eigenvalue weighted by molar-refractivity contribution is -0.125. The number of piperidine rings is 1. The molecule has 0 bridgehead atoms. The Morgan fingerprint density at radius 3 is 2.61 bits per heavy atom. The number of aliphatic hydroxyl groups is 1. The van der Waals surface area contributed by atoms with Crippen LogP contribution in [0.4, 0.5) is 4.79 Å². The maximum Gasteiger partial charge on any atom is 0.410 e. The molecular weight excluding hydrogens is 234 g/mol. The molecule has 0 aromatic heterocycles. The van der Waals surface area contributed by atoms with Gasteiger partial charge in [0.1, 0.15) is 11.4 Å². The van der Waals surface area contributed by atoms with Crippen LogP contribution < -0.4 is 0 Å². The molecule has 1 aliphatic heterocycles. The largest absolute Gasteiger partial charge is 0.444 e. The fourth-order valence-electron chi connectivity index (χ4n) is 2.05. The van der Waals surface area contributed by atoms with Crippen molar-refractivity contribution >= 4 is 11.9 Å². The molecule has 1 aliphatic rings. The van der Waals surface area contributed by atoms with Gasteiger partial charge >= 0.3 is 6.09 Å². The average molecular weight is 257 g/mol. The quantitative estimate of drug-likeness (QED) is 0.833. The molecule has 0 radical (unpaired) electrons. The van der Waals surface area contributed by atoms with Gasteiger partial charge in [0, 0.05) is 32.0 Å². The molecule has 18 heavy (non-hydrogen) atoms. The predicted molar refractivity (Wildman–Crippen MR) is 67.2 cm³/mol. The third kappa shape index (κ3) is 4.64. The van der Waals surface area contributed by atoms with Crippen LogP contribution in [0, 0.1) is 5.92 Å². The van der Waals surface area contributed by atoms with Gasteiger partial charge in [-0.25, -0.2) is 4.79 Å². The van der Waals surface area contributed by atoms with Crippen molar-refractivity contribution in [3.63, 3.8) is 0 Å². The minimum Gasteiger partial charge on any atom is -0.444 e. The number of ketones is 1. The zero-order chi connectivity index (χ0) is 13.8. The summed E-state index contributed by atoms with van der Waals surface area (Å²) in [6, 6.07) is 0. The van der Waals surface area contributed by atoms with Crippen LogP contribution in [0.25, 0.3) is 0 Å². The van der Waals surface area contributed by atoms with E-state index in [4.69, 9.17) is 9.84 Å². The minimum atomic E-state index is -0.515. The molecule has 0 aromatic carbocycles. The van der Waals surface area contributed by atoms with Gasteiger partial charge in [-0.05, 0) is 33.6 Å². The second-order valence-electron chi connectivity index (χ2n) is 5.71. The number of carbonyl (C=O) groups excluding carboxylic acids is 2. The molecule has 0 spiro atoms. The van der Waals surface area contributed by atoms with Crippen molar-refractivity contribution in [1.29, 1.82) is 0 Å². The number of amides is 1. The molecule has 1 N–H and O–H groups in total. The normalized spacial score (nSPS) is 20.7. The number of hydrogen-bond acceptors (Lipinski definition) is 4. The Kier molecular flexibility index (Phi) is 5.14. The van der Waals surface area contributed by atoms with Crippen LogP contribution in [0.1, 0.15) is 40.0 Å². The molecule has 1 saturated heterocycles. The Balaban J connectivity index is 2.53. The van der Waals surface area contributed by atoms with Crippen LogP contribution in [0.2, 0.25) is 0 Å². The first kappa shape index (κ1) is 15.0. The predicted octanol–water partition coefficient (Wildman–Crippen LogP) is 1.58. The first-order valence-corrected chi connectivity index (χ1v) is 6.45. The number of carbonyl (C=O) groups is 2. The molecule has 0 aliphatic carbocycles. The molecule has 1 amide bonds. The first-order chi connectivity index (χ1) is 8.33. The second-order valence-corrected chi connectivity index (χ2v) is 5.71. The highest BCUT2D eigenvalue weighted by molar-refractivity contribution is 5.82. The Morgan fingerprint density at radius 2 is 2.06 bits per heavy atom. The lowest BCUT2D eigenvalue weighted by Gasteiger charge is -2.33. The number of ether oxygens (including phenoxy) is 1. The summed E-state index contributed by atoms with van der Waals surface area (Å²) >= 11 is 0. The summed E-state index contributed by atoms with van der Waals surface area (Å²) in [5.41, 5.74) is -0.515. The van der Waals surface area contributed by atoms with Gasteiger partial charge in [0.15, 0.2) is 0 Å². The number of Topliss-reactive ketones (excluding diaryl/α,β-unsaturated/α-hetero) is 1. The summed E-state index contributed by atoms with van der Waals surface area (Å²) in [4.78, 5) is 25.2. The molecular formula is C13H23NO4. The highest BCUT2D eigenvalue weighted by Crippen LogP contribution is 2.20. The average Bonchev–Trinajstić information content (AvgIpc) is 2.27. The summed E-state index contributed by atoms with van der Waals surface area (Å²) in [6.07, 6.45) is 1.41. The Labute approximate surface area is 108 Å². The van der Waals surface area contributed by atoms with E-state index in [0.717, 1.165) is 12.8 Å². The third-order valence-corrected chi connectivity index (χ3v) is 2.89. The number of hydrogen-bond donors (Lipinski definition) is 1. The van der Waals surface area contributed by atoms with Crippen LogP contribution >= 0.6 is 0 Å². The van der Waals surface area contributed by atoms with E-state index < -0.39 is 5.60 Å². The van der Waals surface area contributed by atoms with Crippen LogP contribution in [-0.2, 0) is 9.53 Å². The zero-order valence-electron chi connectivity index (χ0n) is 11.4. The highest BCUT2D eigenvalue weighted by Gasteiger charge is 2.30. The fourth-order valence-corrected chi connectivity index (χ4v) is 2.05. The third-order valence-electron chi connectivity index (χ3n) is 2.89. The van der Waals surface area contributed by atoms with Crippen molar-refractivity contribution in [3.05, 3.63) is 0 Å². The van der Waals surface area contributed by atoms with E-state index in [2.05, 4.69) is 0 Å². The van der Waals surface area contributed by atoms with E-state index in [1.54, 1.807) is 4.90 Å². The van der Waals surface area contributed by atoms with E-state index in [-0.39, 0.29) is 30.8 Å². The van der Waals surface area contributed by atoms with E-state index >= 15 is 0 Å². The first-order valence-electron chi connectivity index (χ1n) is 6.45. The summed E-state index contributed by atoms with van der Waals surface area (Å²) in [5, 5.41) is 8.77. The summed E-state index contributed by atoms with van der Waals surface area (Å²) in [7, 11) is 0. The van der Waals surface area contributed by atoms with Gasteiger partial charge in [0.25, 0.3) is 0 Å². The van der Waals surface area contributed by atoms with Crippen molar-refractivity contribution in [3.8, 4) is 0 Å². The maximum absolute atomic E-state index is 11.9. The Bertz CT molecular complexity index is 309. The van der Waals surface area contributed by atoms with Crippen molar-refractivity contribution in [2.75, 3.05) is 19.7 Å². The summed E-state index contributed by atoms with van der Waals surface area (Å²) < 4.78 is 5.29. The monoisotopic (exact) mass is 257 g/mol. The standard InChI is InChI=1S/C13H23NO4/c1-13(2,3)18-12(17)14-7-4-5-10(9-14)11(16)6-8-15/h10,15H,4-9H2,1-3H3. The lowest BCUT2D eigenvalue weighted by Crippen LogP contribution is -2.44. The molecule has 5 nitrogen and oxygen atoms in total. The minimum absolute atomic E-state index is 0.0331. The van der Waals surface area contributed by atoms with Gasteiger partial charge < -0.3 is 14.7 Å². The summed E-state index contributed by atoms with van der Waals surface area (Å²) in [5.74, 6) is -0.121. The highest BCUT2D eigenvalue weighted by atomic mass is 16.6. The van der Waals surface area contributed by atoms with E-state index in [1.165, 1.54) is 0 Å². The molecule has 1 fully saturated rings. The number of aliphatic hydroxyl groups excluding tert-OH is 1. The van der Waals surface area contributed by atoms with Gasteiger partial charge in [-0.3, -0.25) is 4.79 Å². The molecule has 1 heterocycles. The van der Waals surface area contributed by atoms with Crippen molar-refractivity contribution < 1.29 is 19.4 Å². The number of rotatable bonds is 3. The summed E-state index contributed by atoms with van der Waals surface area (Å²) in [6.45, 7) is 6.39. The second kappa shape index (κ2) is 6.18. The SMILES string of the molecule is CC(C)(C)OC(=O)N1CCCC(C(=O)CCO)C1. The van der Waals surface area contributed by atoms with Crippen LogP contribution in [0.3, 0.4) is 0 Å². The maximum atomic E-state index is 11.9. The molecule has 0 saturated carbocycles. The van der Waals surface area contributed by atoms with Gasteiger partial charge in [-0.15, -0.1) is 0 Å². The van der Waals surface area contributed by atoms with Crippen LogP contribution in [-0.4, -0.2) is 47.2 Å². The van der Waals surface area contributed by atoms with Gasteiger partial charge in [0.2, 0.25) is 0 Å². The lowest BCUT2D eigenvalue weighted by atomic mass is 9.92. The van der Waals surface area contributed by atoms with E-state index in [1.807, 2.05) is 20.8 Å². The van der Waals surface area contributed by atoms with Crippen LogP contribution in [0.15, 0.2) is 0 Å². The number of nitrogens with zero attached hydrogens (tertiary/aromatic N) is 1. The van der Waals surface area contributed by atoms with E-state index in [0.29, 0.717) is 13.1 Å². The van der Waals surface area contributed by atoms with Crippen molar-refractivity contribution in [2.45, 2.75) is 45.6 Å². The zero-order valence-corrected chi connectivity index (χ0v) is 11.4. The van der Waals surface area contributed by atoms with Gasteiger partial charge in [-0.2, -0.15) is 0 Å². The smallest absolute Gasteiger partial charge is 0.410 e. The fraction of sp³-hybridized carbons (Fsp3) is 0.846. The Hall–Kier alpha value is -1.10. The molecule has 1 rings (SSSR count). The van der Waals surface area contributed by atoms with Gasteiger partial charge in [-0.1, -0.05) is 0 Å². The Morgan fingerprint density at radius 1 is 1.39 bits per heavy atom. The van der Waals surface area contributed by atoms with Crippen LogP contribution in [0.5, 0.6) is 0 Å². The molecule has 0 aromatic rings. The van der Waals surface area contributed by atoms with E-state index in [9.17, 15) is 9.59 Å². The number of likely N-dealkylation sites (tertiary alicyclic amines) is 1. The molecule has 104 valence electrons.